The van der Waals surface area contributed by atoms with Gasteiger partial charge in [0.15, 0.2) is 0 Å². The molecule has 1 aliphatic heterocycles. The number of urea groups is 1. The standard InChI is InChI=1S/C30H31N5O6/c1-20(36)34(26(17-27(37)38)23-10-7-11-25(16-23)41-3)35-28(39)30(2,24-14-12-21(13-15-24)18-32-31)33(29(35)40)19-22-8-5-4-6-9-22/h4-16,26,31H,17-19H2,1-3H3,(H,37,38)/t26-,30-/m1/s1. The monoisotopic (exact) mass is 557 g/mol. The van der Waals surface area contributed by atoms with Crippen molar-refractivity contribution in [2.45, 2.75) is 44.9 Å². The highest BCUT2D eigenvalue weighted by atomic mass is 16.5. The summed E-state index contributed by atoms with van der Waals surface area (Å²) in [7, 11) is 1.46. The molecule has 4 rings (SSSR count). The molecule has 41 heavy (non-hydrogen) atoms. The van der Waals surface area contributed by atoms with Crippen LogP contribution in [0.4, 0.5) is 4.79 Å². The van der Waals surface area contributed by atoms with E-state index in [1.807, 2.05) is 30.3 Å². The lowest BCUT2D eigenvalue weighted by Crippen LogP contribution is -2.52. The van der Waals surface area contributed by atoms with Crippen LogP contribution in [0.2, 0.25) is 0 Å². The van der Waals surface area contributed by atoms with Gasteiger partial charge in [0.05, 0.1) is 26.1 Å². The number of carboxylic acids is 1. The maximum Gasteiger partial charge on any atom is 0.347 e. The number of aliphatic carboxylic acids is 1. The molecule has 3 aromatic carbocycles. The Bertz CT molecular complexity index is 1460. The minimum Gasteiger partial charge on any atom is -0.497 e. The summed E-state index contributed by atoms with van der Waals surface area (Å²) in [5.41, 5.74) is 7.98. The molecule has 0 aliphatic carbocycles. The van der Waals surface area contributed by atoms with E-state index in [2.05, 4.69) is 5.11 Å². The van der Waals surface area contributed by atoms with Crippen LogP contribution in [0, 0.1) is 5.53 Å². The van der Waals surface area contributed by atoms with E-state index in [4.69, 9.17) is 10.3 Å². The van der Waals surface area contributed by atoms with E-state index in [0.29, 0.717) is 16.9 Å². The number of imide groups is 1. The maximum atomic E-state index is 14.4. The fourth-order valence-corrected chi connectivity index (χ4v) is 5.06. The van der Waals surface area contributed by atoms with Crippen LogP contribution in [0.5, 0.6) is 5.75 Å². The highest BCUT2D eigenvalue weighted by Gasteiger charge is 2.58. The summed E-state index contributed by atoms with van der Waals surface area (Å²) in [5, 5.41) is 14.9. The van der Waals surface area contributed by atoms with E-state index < -0.39 is 41.8 Å². The summed E-state index contributed by atoms with van der Waals surface area (Å²) in [6, 6.07) is 20.5. The number of hydrazine groups is 1. The fraction of sp³-hybridized carbons (Fsp3) is 0.267. The Morgan fingerprint density at radius 2 is 1.71 bits per heavy atom. The molecule has 212 valence electrons. The molecule has 11 nitrogen and oxygen atoms in total. The van der Waals surface area contributed by atoms with Crippen LogP contribution < -0.4 is 4.74 Å². The lowest BCUT2D eigenvalue weighted by molar-refractivity contribution is -0.162. The van der Waals surface area contributed by atoms with Gasteiger partial charge in [0.1, 0.15) is 11.3 Å². The summed E-state index contributed by atoms with van der Waals surface area (Å²) in [4.78, 5) is 55.2. The van der Waals surface area contributed by atoms with Crippen LogP contribution in [0.3, 0.4) is 0 Å². The molecule has 2 N–H and O–H groups in total. The molecule has 1 saturated heterocycles. The molecule has 1 aliphatic rings. The second-order valence-electron chi connectivity index (χ2n) is 9.81. The second kappa shape index (κ2) is 12.0. The summed E-state index contributed by atoms with van der Waals surface area (Å²) < 4.78 is 5.29. The fourth-order valence-electron chi connectivity index (χ4n) is 5.06. The SMILES string of the molecule is COc1cccc([C@@H](CC(=O)O)N(C(C)=O)N2C(=O)N(Cc3ccccc3)[C@](C)(c3ccc(CN=N)cc3)C2=O)c1. The Labute approximate surface area is 237 Å². The first kappa shape index (κ1) is 28.9. The second-order valence-corrected chi connectivity index (χ2v) is 9.81. The van der Waals surface area contributed by atoms with Gasteiger partial charge >= 0.3 is 12.0 Å². The Hall–Kier alpha value is -5.06. The van der Waals surface area contributed by atoms with Gasteiger partial charge in [0.25, 0.3) is 5.91 Å². The number of hydrogen-bond acceptors (Lipinski definition) is 7. The number of nitrogens with one attached hydrogen (secondary N) is 1. The summed E-state index contributed by atoms with van der Waals surface area (Å²) >= 11 is 0. The zero-order valence-corrected chi connectivity index (χ0v) is 23.0. The highest BCUT2D eigenvalue weighted by molar-refractivity contribution is 6.08. The van der Waals surface area contributed by atoms with E-state index in [-0.39, 0.29) is 13.1 Å². The number of rotatable bonds is 11. The largest absolute Gasteiger partial charge is 0.497 e. The third kappa shape index (κ3) is 5.65. The third-order valence-electron chi connectivity index (χ3n) is 7.20. The van der Waals surface area contributed by atoms with Crippen molar-refractivity contribution < 1.29 is 29.0 Å². The zero-order valence-electron chi connectivity index (χ0n) is 23.0. The van der Waals surface area contributed by atoms with Crippen molar-refractivity contribution >= 4 is 23.8 Å². The van der Waals surface area contributed by atoms with Gasteiger partial charge in [0.2, 0.25) is 5.91 Å². The maximum absolute atomic E-state index is 14.4. The van der Waals surface area contributed by atoms with Gasteiger partial charge in [-0.2, -0.15) is 10.1 Å². The van der Waals surface area contributed by atoms with Gasteiger partial charge in [-0.15, -0.1) is 0 Å². The van der Waals surface area contributed by atoms with Gasteiger partial charge in [-0.25, -0.2) is 15.3 Å². The van der Waals surface area contributed by atoms with E-state index in [9.17, 15) is 24.3 Å². The van der Waals surface area contributed by atoms with E-state index in [1.165, 1.54) is 18.9 Å². The smallest absolute Gasteiger partial charge is 0.347 e. The molecule has 0 radical (unpaired) electrons. The molecule has 11 heteroatoms. The number of amides is 4. The average Bonchev–Trinajstić information content (AvgIpc) is 3.14. The lowest BCUT2D eigenvalue weighted by atomic mass is 9.89. The molecule has 0 bridgehead atoms. The van der Waals surface area contributed by atoms with Crippen LogP contribution in [0.1, 0.15) is 48.6 Å². The molecule has 3 aromatic rings. The van der Waals surface area contributed by atoms with Crippen LogP contribution in [0.15, 0.2) is 84.0 Å². The van der Waals surface area contributed by atoms with Crippen LogP contribution >= 0.6 is 0 Å². The first-order valence-electron chi connectivity index (χ1n) is 12.9. The number of hydrogen-bond donors (Lipinski definition) is 2. The van der Waals surface area contributed by atoms with Crippen LogP contribution in [-0.4, -0.2) is 50.9 Å². The van der Waals surface area contributed by atoms with Crippen molar-refractivity contribution in [2.75, 3.05) is 7.11 Å². The van der Waals surface area contributed by atoms with Gasteiger partial charge in [0, 0.05) is 13.5 Å². The molecule has 4 amide bonds. The number of nitrogens with zero attached hydrogens (tertiary/aromatic N) is 4. The summed E-state index contributed by atoms with van der Waals surface area (Å²) in [6.45, 7) is 3.01. The highest BCUT2D eigenvalue weighted by Crippen LogP contribution is 2.42. The van der Waals surface area contributed by atoms with Crippen molar-refractivity contribution in [1.82, 2.24) is 14.9 Å². The molecule has 1 heterocycles. The molecular weight excluding hydrogens is 526 g/mol. The Kier molecular flexibility index (Phi) is 8.46. The Morgan fingerprint density at radius 1 is 1.02 bits per heavy atom. The summed E-state index contributed by atoms with van der Waals surface area (Å²) in [6.07, 6.45) is -0.565. The topological polar surface area (TPSA) is 144 Å². The third-order valence-corrected chi connectivity index (χ3v) is 7.20. The first-order chi connectivity index (χ1) is 19.6. The quantitative estimate of drug-likeness (QED) is 0.254. The molecular formula is C30H31N5O6. The minimum absolute atomic E-state index is 0.0523. The van der Waals surface area contributed by atoms with Crippen LogP contribution in [-0.2, 0) is 33.0 Å². The predicted molar refractivity (Wildman–Crippen MR) is 147 cm³/mol. The predicted octanol–water partition coefficient (Wildman–Crippen LogP) is 4.89. The number of carboxylic acid groups (broad SMARTS) is 1. The molecule has 0 aromatic heterocycles. The van der Waals surface area contributed by atoms with Crippen molar-refractivity contribution in [3.05, 3.63) is 101 Å². The molecule has 0 unspecified atom stereocenters. The average molecular weight is 558 g/mol. The van der Waals surface area contributed by atoms with Crippen molar-refractivity contribution in [2.24, 2.45) is 5.11 Å². The number of carbonyl (C=O) groups is 4. The molecule has 2 atom stereocenters. The Morgan fingerprint density at radius 3 is 2.29 bits per heavy atom. The zero-order chi connectivity index (χ0) is 29.7. The number of carbonyl (C=O) groups excluding carboxylic acids is 3. The molecule has 1 fully saturated rings. The van der Waals surface area contributed by atoms with Gasteiger partial charge in [-0.3, -0.25) is 19.3 Å². The number of benzene rings is 3. The van der Waals surface area contributed by atoms with Crippen molar-refractivity contribution in [1.29, 1.82) is 5.53 Å². The number of ether oxygens (including phenoxy) is 1. The van der Waals surface area contributed by atoms with E-state index in [1.54, 1.807) is 55.5 Å². The normalized spacial score (nSPS) is 17.3. The lowest BCUT2D eigenvalue weighted by Gasteiger charge is -2.35. The van der Waals surface area contributed by atoms with Gasteiger partial charge < -0.3 is 9.84 Å². The van der Waals surface area contributed by atoms with Crippen molar-refractivity contribution in [3.63, 3.8) is 0 Å². The van der Waals surface area contributed by atoms with E-state index >= 15 is 0 Å². The summed E-state index contributed by atoms with van der Waals surface area (Å²) in [5.74, 6) is -2.18. The Balaban J connectivity index is 1.86. The molecule has 0 saturated carbocycles. The number of methoxy groups -OCH3 is 1. The first-order valence-corrected chi connectivity index (χ1v) is 12.9. The van der Waals surface area contributed by atoms with Gasteiger partial charge in [-0.1, -0.05) is 66.7 Å². The van der Waals surface area contributed by atoms with E-state index in [0.717, 1.165) is 21.1 Å². The van der Waals surface area contributed by atoms with Crippen molar-refractivity contribution in [3.8, 4) is 5.75 Å². The van der Waals surface area contributed by atoms with Gasteiger partial charge in [-0.05, 0) is 41.3 Å². The van der Waals surface area contributed by atoms with Crippen LogP contribution in [0.25, 0.3) is 0 Å². The minimum atomic E-state index is -1.54. The molecule has 0 spiro atoms.